The maximum absolute atomic E-state index is 12.7. The molecule has 1 N–H and O–H groups in total. The highest BCUT2D eigenvalue weighted by atomic mass is 16.2. The molecule has 0 radical (unpaired) electrons. The first-order chi connectivity index (χ1) is 11.1. The fourth-order valence-corrected chi connectivity index (χ4v) is 3.22. The van der Waals surface area contributed by atoms with Crippen molar-refractivity contribution in [1.29, 1.82) is 0 Å². The lowest BCUT2D eigenvalue weighted by atomic mass is 10.0. The van der Waals surface area contributed by atoms with Crippen molar-refractivity contribution in [3.05, 3.63) is 35.8 Å². The summed E-state index contributed by atoms with van der Waals surface area (Å²) in [5.41, 5.74) is 2.69. The number of rotatable bonds is 3. The van der Waals surface area contributed by atoms with Gasteiger partial charge in [0, 0.05) is 26.0 Å². The zero-order valence-electron chi connectivity index (χ0n) is 13.6. The molecule has 6 nitrogen and oxygen atoms in total. The Morgan fingerprint density at radius 3 is 2.96 bits per heavy atom. The molecule has 23 heavy (non-hydrogen) atoms. The van der Waals surface area contributed by atoms with E-state index in [-0.39, 0.29) is 24.3 Å². The highest BCUT2D eigenvalue weighted by Gasteiger charge is 2.31. The number of hydrogen-bond acceptors (Lipinski definition) is 3. The number of hydrogen-bond donors (Lipinski definition) is 1. The number of aryl methyl sites for hydroxylation is 1. The van der Waals surface area contributed by atoms with Crippen LogP contribution in [0.3, 0.4) is 0 Å². The molecule has 1 aliphatic rings. The van der Waals surface area contributed by atoms with Crippen LogP contribution in [0.25, 0.3) is 5.65 Å². The van der Waals surface area contributed by atoms with E-state index in [1.54, 1.807) is 11.9 Å². The number of nitrogens with zero attached hydrogens (tertiary/aromatic N) is 3. The van der Waals surface area contributed by atoms with Crippen molar-refractivity contribution in [2.24, 2.45) is 0 Å². The summed E-state index contributed by atoms with van der Waals surface area (Å²) in [5, 5.41) is 2.66. The zero-order valence-corrected chi connectivity index (χ0v) is 13.6. The third-order valence-electron chi connectivity index (χ3n) is 4.43. The molecule has 2 aromatic rings. The van der Waals surface area contributed by atoms with E-state index in [1.807, 2.05) is 35.9 Å². The van der Waals surface area contributed by atoms with Crippen LogP contribution in [0.15, 0.2) is 24.5 Å². The Kier molecular flexibility index (Phi) is 4.32. The van der Waals surface area contributed by atoms with Crippen LogP contribution >= 0.6 is 0 Å². The maximum atomic E-state index is 12.7. The van der Waals surface area contributed by atoms with Crippen LogP contribution in [0.1, 0.15) is 30.5 Å². The van der Waals surface area contributed by atoms with Crippen LogP contribution in [0.5, 0.6) is 0 Å². The van der Waals surface area contributed by atoms with Gasteiger partial charge in [0.25, 0.3) is 0 Å². The molecule has 2 amide bonds. The Balaban J connectivity index is 1.78. The Morgan fingerprint density at radius 2 is 2.22 bits per heavy atom. The predicted octanol–water partition coefficient (Wildman–Crippen LogP) is 1.31. The molecule has 3 rings (SSSR count). The lowest BCUT2D eigenvalue weighted by Gasteiger charge is -2.34. The van der Waals surface area contributed by atoms with Gasteiger partial charge in [-0.05, 0) is 37.8 Å². The average Bonchev–Trinajstić information content (AvgIpc) is 2.98. The molecule has 1 fully saturated rings. The molecule has 0 bridgehead atoms. The van der Waals surface area contributed by atoms with Gasteiger partial charge in [-0.15, -0.1) is 0 Å². The van der Waals surface area contributed by atoms with Crippen molar-refractivity contribution in [2.75, 3.05) is 13.6 Å². The van der Waals surface area contributed by atoms with E-state index in [0.717, 1.165) is 36.2 Å². The highest BCUT2D eigenvalue weighted by molar-refractivity contribution is 5.88. The van der Waals surface area contributed by atoms with Gasteiger partial charge in [0.2, 0.25) is 11.8 Å². The van der Waals surface area contributed by atoms with Gasteiger partial charge in [-0.25, -0.2) is 4.98 Å². The van der Waals surface area contributed by atoms with E-state index in [9.17, 15) is 9.59 Å². The van der Waals surface area contributed by atoms with Gasteiger partial charge in [0.1, 0.15) is 11.7 Å². The minimum atomic E-state index is -0.347. The third-order valence-corrected chi connectivity index (χ3v) is 4.43. The van der Waals surface area contributed by atoms with Gasteiger partial charge in [-0.1, -0.05) is 6.07 Å². The standard InChI is InChI=1S/C17H22N4O2/c1-12-6-5-8-20-11-13(19-16(12)20)10-15(22)21-9-4-3-7-14(21)17(23)18-2/h5-6,8,11,14H,3-4,7,9-10H2,1-2H3,(H,18,23). The second-order valence-electron chi connectivity index (χ2n) is 6.04. The number of pyridine rings is 1. The van der Waals surface area contributed by atoms with E-state index in [1.165, 1.54) is 0 Å². The molecule has 0 aromatic carbocycles. The van der Waals surface area contributed by atoms with Crippen LogP contribution in [0.2, 0.25) is 0 Å². The summed E-state index contributed by atoms with van der Waals surface area (Å²) in [6.07, 6.45) is 6.71. The van der Waals surface area contributed by atoms with Crippen molar-refractivity contribution in [1.82, 2.24) is 19.6 Å². The quantitative estimate of drug-likeness (QED) is 0.929. The second kappa shape index (κ2) is 6.40. The summed E-state index contributed by atoms with van der Waals surface area (Å²) >= 11 is 0. The molecule has 1 unspecified atom stereocenters. The molecule has 6 heteroatoms. The normalized spacial score (nSPS) is 18.2. The number of piperidine rings is 1. The Bertz CT molecular complexity index is 737. The first kappa shape index (κ1) is 15.5. The molecule has 1 aliphatic heterocycles. The predicted molar refractivity (Wildman–Crippen MR) is 87.1 cm³/mol. The van der Waals surface area contributed by atoms with E-state index < -0.39 is 0 Å². The van der Waals surface area contributed by atoms with Crippen molar-refractivity contribution >= 4 is 17.5 Å². The van der Waals surface area contributed by atoms with Gasteiger partial charge in [0.15, 0.2) is 0 Å². The Labute approximate surface area is 135 Å². The molecule has 3 heterocycles. The molecule has 1 atom stereocenters. The van der Waals surface area contributed by atoms with Crippen molar-refractivity contribution < 1.29 is 9.59 Å². The number of likely N-dealkylation sites (tertiary alicyclic amines) is 1. The van der Waals surface area contributed by atoms with E-state index in [2.05, 4.69) is 10.3 Å². The van der Waals surface area contributed by atoms with Crippen LogP contribution in [-0.4, -0.2) is 45.7 Å². The third kappa shape index (κ3) is 3.06. The van der Waals surface area contributed by atoms with Crippen LogP contribution in [0, 0.1) is 6.92 Å². The van der Waals surface area contributed by atoms with Crippen molar-refractivity contribution in [3.63, 3.8) is 0 Å². The second-order valence-corrected chi connectivity index (χ2v) is 6.04. The molecule has 1 saturated heterocycles. The number of nitrogens with one attached hydrogen (secondary N) is 1. The number of carbonyl (C=O) groups excluding carboxylic acids is 2. The van der Waals surface area contributed by atoms with Crippen LogP contribution in [-0.2, 0) is 16.0 Å². The Hall–Kier alpha value is -2.37. The Morgan fingerprint density at radius 1 is 1.39 bits per heavy atom. The molecule has 0 saturated carbocycles. The van der Waals surface area contributed by atoms with Gasteiger partial charge in [-0.3, -0.25) is 9.59 Å². The number of carbonyl (C=O) groups is 2. The number of aromatic nitrogens is 2. The summed E-state index contributed by atoms with van der Waals surface area (Å²) in [6.45, 7) is 2.64. The first-order valence-electron chi connectivity index (χ1n) is 8.04. The monoisotopic (exact) mass is 314 g/mol. The largest absolute Gasteiger partial charge is 0.357 e. The fourth-order valence-electron chi connectivity index (χ4n) is 3.22. The van der Waals surface area contributed by atoms with Crippen molar-refractivity contribution in [2.45, 2.75) is 38.6 Å². The molecule has 122 valence electrons. The topological polar surface area (TPSA) is 66.7 Å². The number of amides is 2. The van der Waals surface area contributed by atoms with E-state index >= 15 is 0 Å². The molecule has 2 aromatic heterocycles. The molecule has 0 aliphatic carbocycles. The van der Waals surface area contributed by atoms with Crippen LogP contribution in [0.4, 0.5) is 0 Å². The van der Waals surface area contributed by atoms with Gasteiger partial charge in [-0.2, -0.15) is 0 Å². The lowest BCUT2D eigenvalue weighted by Crippen LogP contribution is -2.51. The summed E-state index contributed by atoms with van der Waals surface area (Å²) in [4.78, 5) is 30.9. The van der Waals surface area contributed by atoms with Crippen molar-refractivity contribution in [3.8, 4) is 0 Å². The van der Waals surface area contributed by atoms with Gasteiger partial charge >= 0.3 is 0 Å². The summed E-state index contributed by atoms with van der Waals surface area (Å²) < 4.78 is 1.93. The SMILES string of the molecule is CNC(=O)C1CCCCN1C(=O)Cc1cn2cccc(C)c2n1. The maximum Gasteiger partial charge on any atom is 0.242 e. The number of fused-ring (bicyclic) bond motifs is 1. The number of likely N-dealkylation sites (N-methyl/N-ethyl adjacent to an activating group) is 1. The van der Waals surface area contributed by atoms with E-state index in [0.29, 0.717) is 6.54 Å². The summed E-state index contributed by atoms with van der Waals surface area (Å²) in [7, 11) is 1.62. The minimum absolute atomic E-state index is 0.0284. The van der Waals surface area contributed by atoms with E-state index in [4.69, 9.17) is 0 Å². The average molecular weight is 314 g/mol. The summed E-state index contributed by atoms with van der Waals surface area (Å²) in [6, 6.07) is 3.61. The zero-order chi connectivity index (χ0) is 16.4. The highest BCUT2D eigenvalue weighted by Crippen LogP contribution is 2.19. The summed E-state index contributed by atoms with van der Waals surface area (Å²) in [5.74, 6) is -0.108. The number of imidazole rings is 1. The molecular weight excluding hydrogens is 292 g/mol. The van der Waals surface area contributed by atoms with Crippen LogP contribution < -0.4 is 5.32 Å². The smallest absolute Gasteiger partial charge is 0.242 e. The molecule has 0 spiro atoms. The fraction of sp³-hybridized carbons (Fsp3) is 0.471. The minimum Gasteiger partial charge on any atom is -0.357 e. The van der Waals surface area contributed by atoms with Gasteiger partial charge in [0.05, 0.1) is 12.1 Å². The molecular formula is C17H22N4O2. The first-order valence-corrected chi connectivity index (χ1v) is 8.04. The van der Waals surface area contributed by atoms with Gasteiger partial charge < -0.3 is 14.6 Å². The lowest BCUT2D eigenvalue weighted by molar-refractivity contribution is -0.141.